The van der Waals surface area contributed by atoms with Crippen molar-refractivity contribution in [3.63, 3.8) is 0 Å². The fourth-order valence-electron chi connectivity index (χ4n) is 3.32. The third-order valence-corrected chi connectivity index (χ3v) is 5.53. The van der Waals surface area contributed by atoms with Crippen LogP contribution in [0.1, 0.15) is 27.0 Å². The molecule has 1 heterocycles. The number of pyridine rings is 1. The summed E-state index contributed by atoms with van der Waals surface area (Å²) in [5, 5.41) is 4.47. The minimum absolute atomic E-state index is 0.145. The van der Waals surface area contributed by atoms with Crippen LogP contribution in [0.4, 0.5) is 0 Å². The van der Waals surface area contributed by atoms with Crippen LogP contribution in [0, 0.1) is 13.8 Å². The number of rotatable bonds is 4. The van der Waals surface area contributed by atoms with E-state index < -0.39 is 0 Å². The van der Waals surface area contributed by atoms with Crippen LogP contribution in [0.15, 0.2) is 72.8 Å². The highest BCUT2D eigenvalue weighted by atomic mass is 35.5. The molecule has 1 amide bonds. The van der Waals surface area contributed by atoms with Crippen molar-refractivity contribution < 1.29 is 4.79 Å². The third kappa shape index (κ3) is 4.01. The normalized spacial score (nSPS) is 10.9. The summed E-state index contributed by atoms with van der Waals surface area (Å²) in [5.74, 6) is -0.145. The summed E-state index contributed by atoms with van der Waals surface area (Å²) in [7, 11) is 0. The van der Waals surface area contributed by atoms with Gasteiger partial charge in [-0.25, -0.2) is 4.98 Å². The van der Waals surface area contributed by atoms with E-state index in [1.807, 2.05) is 60.7 Å². The molecule has 144 valence electrons. The van der Waals surface area contributed by atoms with Crippen molar-refractivity contribution in [1.29, 1.82) is 0 Å². The van der Waals surface area contributed by atoms with Gasteiger partial charge in [-0.3, -0.25) is 4.79 Å². The van der Waals surface area contributed by atoms with Crippen LogP contribution in [0.5, 0.6) is 0 Å². The zero-order chi connectivity index (χ0) is 20.4. The van der Waals surface area contributed by atoms with Crippen molar-refractivity contribution in [3.8, 4) is 11.3 Å². The molecule has 0 spiro atoms. The fraction of sp³-hybridized carbons (Fsp3) is 0.120. The summed E-state index contributed by atoms with van der Waals surface area (Å²) in [4.78, 5) is 17.9. The van der Waals surface area contributed by atoms with E-state index in [0.717, 1.165) is 27.7 Å². The Balaban J connectivity index is 1.73. The van der Waals surface area contributed by atoms with Crippen molar-refractivity contribution in [2.75, 3.05) is 0 Å². The molecule has 0 saturated carbocycles. The maximum atomic E-state index is 13.1. The molecule has 1 aromatic heterocycles. The molecule has 3 aromatic carbocycles. The largest absolute Gasteiger partial charge is 0.348 e. The molecule has 4 rings (SSSR count). The molecule has 0 atom stereocenters. The number of para-hydroxylation sites is 1. The number of carbonyl (C=O) groups is 1. The topological polar surface area (TPSA) is 42.0 Å². The molecule has 0 saturated heterocycles. The molecule has 3 nitrogen and oxygen atoms in total. The Morgan fingerprint density at radius 1 is 0.931 bits per heavy atom. The van der Waals surface area contributed by atoms with Crippen LogP contribution in [0.25, 0.3) is 22.2 Å². The lowest BCUT2D eigenvalue weighted by Crippen LogP contribution is -2.23. The summed E-state index contributed by atoms with van der Waals surface area (Å²) in [6.07, 6.45) is 0. The SMILES string of the molecule is Cc1ccc(-c2cc(C(=O)NCc3ccccc3Cl)c3ccccc3n2)cc1C. The second-order valence-electron chi connectivity index (χ2n) is 7.15. The Hall–Kier alpha value is -3.17. The predicted molar refractivity (Wildman–Crippen MR) is 119 cm³/mol. The van der Waals surface area contributed by atoms with Crippen molar-refractivity contribution in [3.05, 3.63) is 100 Å². The molecule has 4 aromatic rings. The van der Waals surface area contributed by atoms with Gasteiger partial charge in [0.1, 0.15) is 0 Å². The number of hydrogen-bond acceptors (Lipinski definition) is 2. The lowest BCUT2D eigenvalue weighted by molar-refractivity contribution is 0.0952. The number of nitrogens with one attached hydrogen (secondary N) is 1. The highest BCUT2D eigenvalue weighted by Gasteiger charge is 2.14. The molecule has 0 aliphatic heterocycles. The first-order valence-electron chi connectivity index (χ1n) is 9.52. The highest BCUT2D eigenvalue weighted by Crippen LogP contribution is 2.26. The van der Waals surface area contributed by atoms with E-state index in [1.165, 1.54) is 11.1 Å². The number of nitrogens with zero attached hydrogens (tertiary/aromatic N) is 1. The first-order valence-corrected chi connectivity index (χ1v) is 9.90. The predicted octanol–water partition coefficient (Wildman–Crippen LogP) is 6.10. The first-order chi connectivity index (χ1) is 14.0. The van der Waals surface area contributed by atoms with Crippen LogP contribution in [-0.2, 0) is 6.54 Å². The Bertz CT molecular complexity index is 1220. The lowest BCUT2D eigenvalue weighted by atomic mass is 10.0. The maximum absolute atomic E-state index is 13.1. The standard InChI is InChI=1S/C25H21ClN2O/c1-16-11-12-18(13-17(16)2)24-14-21(20-8-4-6-10-23(20)28-24)25(29)27-15-19-7-3-5-9-22(19)26/h3-14H,15H2,1-2H3,(H,27,29). The van der Waals surface area contributed by atoms with Crippen LogP contribution in [0.3, 0.4) is 0 Å². The Kier molecular flexibility index (Phi) is 5.32. The zero-order valence-corrected chi connectivity index (χ0v) is 17.1. The summed E-state index contributed by atoms with van der Waals surface area (Å²) in [6.45, 7) is 4.53. The van der Waals surface area contributed by atoms with E-state index in [2.05, 4.69) is 31.3 Å². The van der Waals surface area contributed by atoms with Gasteiger partial charge in [0.05, 0.1) is 16.8 Å². The molecule has 0 aliphatic carbocycles. The minimum Gasteiger partial charge on any atom is -0.348 e. The number of amides is 1. The Morgan fingerprint density at radius 3 is 2.48 bits per heavy atom. The van der Waals surface area contributed by atoms with E-state index in [-0.39, 0.29) is 5.91 Å². The minimum atomic E-state index is -0.145. The van der Waals surface area contributed by atoms with Gasteiger partial charge in [-0.1, -0.05) is 60.1 Å². The smallest absolute Gasteiger partial charge is 0.252 e. The quantitative estimate of drug-likeness (QED) is 0.449. The van der Waals surface area contributed by atoms with Gasteiger partial charge in [0.2, 0.25) is 0 Å². The number of aromatic nitrogens is 1. The van der Waals surface area contributed by atoms with Gasteiger partial charge in [0, 0.05) is 22.5 Å². The average molecular weight is 401 g/mol. The summed E-state index contributed by atoms with van der Waals surface area (Å²) >= 11 is 6.22. The number of hydrogen-bond donors (Lipinski definition) is 1. The molecule has 0 fully saturated rings. The van der Waals surface area contributed by atoms with Gasteiger partial charge in [0.15, 0.2) is 0 Å². The molecule has 29 heavy (non-hydrogen) atoms. The average Bonchev–Trinajstić information content (AvgIpc) is 2.74. The monoisotopic (exact) mass is 400 g/mol. The molecule has 0 radical (unpaired) electrons. The number of halogens is 1. The first kappa shape index (κ1) is 19.2. The van der Waals surface area contributed by atoms with E-state index >= 15 is 0 Å². The molecule has 0 bridgehead atoms. The van der Waals surface area contributed by atoms with E-state index in [9.17, 15) is 4.79 Å². The van der Waals surface area contributed by atoms with E-state index in [1.54, 1.807) is 0 Å². The van der Waals surface area contributed by atoms with Gasteiger partial charge < -0.3 is 5.32 Å². The summed E-state index contributed by atoms with van der Waals surface area (Å²) in [5.41, 5.74) is 6.50. The molecule has 0 unspecified atom stereocenters. The number of benzene rings is 3. The molecule has 4 heteroatoms. The van der Waals surface area contributed by atoms with Crippen molar-refractivity contribution in [1.82, 2.24) is 10.3 Å². The molecule has 1 N–H and O–H groups in total. The van der Waals surface area contributed by atoms with E-state index in [4.69, 9.17) is 16.6 Å². The van der Waals surface area contributed by atoms with Gasteiger partial charge in [-0.2, -0.15) is 0 Å². The van der Waals surface area contributed by atoms with Crippen LogP contribution < -0.4 is 5.32 Å². The highest BCUT2D eigenvalue weighted by molar-refractivity contribution is 6.31. The van der Waals surface area contributed by atoms with Gasteiger partial charge in [-0.15, -0.1) is 0 Å². The number of fused-ring (bicyclic) bond motifs is 1. The summed E-state index contributed by atoms with van der Waals surface area (Å²) < 4.78 is 0. The molecule has 0 aliphatic rings. The number of aryl methyl sites for hydroxylation is 2. The van der Waals surface area contributed by atoms with Crippen LogP contribution >= 0.6 is 11.6 Å². The second kappa shape index (κ2) is 8.06. The van der Waals surface area contributed by atoms with Crippen molar-refractivity contribution in [2.24, 2.45) is 0 Å². The van der Waals surface area contributed by atoms with Gasteiger partial charge in [-0.05, 0) is 54.8 Å². The van der Waals surface area contributed by atoms with Crippen molar-refractivity contribution in [2.45, 2.75) is 20.4 Å². The second-order valence-corrected chi connectivity index (χ2v) is 7.55. The molecular formula is C25H21ClN2O. The zero-order valence-electron chi connectivity index (χ0n) is 16.4. The fourth-order valence-corrected chi connectivity index (χ4v) is 3.53. The lowest BCUT2D eigenvalue weighted by Gasteiger charge is -2.12. The van der Waals surface area contributed by atoms with E-state index in [0.29, 0.717) is 17.1 Å². The van der Waals surface area contributed by atoms with Crippen molar-refractivity contribution >= 4 is 28.4 Å². The Morgan fingerprint density at radius 2 is 1.69 bits per heavy atom. The third-order valence-electron chi connectivity index (χ3n) is 5.16. The number of carbonyl (C=O) groups excluding carboxylic acids is 1. The van der Waals surface area contributed by atoms with Gasteiger partial charge >= 0.3 is 0 Å². The maximum Gasteiger partial charge on any atom is 0.252 e. The molecular weight excluding hydrogens is 380 g/mol. The van der Waals surface area contributed by atoms with Crippen LogP contribution in [-0.4, -0.2) is 10.9 Å². The van der Waals surface area contributed by atoms with Crippen LogP contribution in [0.2, 0.25) is 5.02 Å². The summed E-state index contributed by atoms with van der Waals surface area (Å²) in [6, 6.07) is 23.3. The Labute approximate surface area is 175 Å². The van der Waals surface area contributed by atoms with Gasteiger partial charge in [0.25, 0.3) is 5.91 Å².